The Morgan fingerprint density at radius 2 is 1.93 bits per heavy atom. The third-order valence-corrected chi connectivity index (χ3v) is 3.26. The predicted molar refractivity (Wildman–Crippen MR) is 56.0 cm³/mol. The molecule has 0 heterocycles. The quantitative estimate of drug-likeness (QED) is 0.681. The summed E-state index contributed by atoms with van der Waals surface area (Å²) < 4.78 is 16.3. The lowest BCUT2D eigenvalue weighted by molar-refractivity contribution is -0.146. The largest absolute Gasteiger partial charge is 0.481 e. The molecule has 6 heteroatoms. The maximum Gasteiger partial charge on any atom is 0.321 e. The van der Waals surface area contributed by atoms with E-state index in [2.05, 4.69) is 0 Å². The second kappa shape index (κ2) is 6.55. The second-order valence-corrected chi connectivity index (χ2v) is 4.92. The fourth-order valence-electron chi connectivity index (χ4n) is 0.990. The lowest BCUT2D eigenvalue weighted by atomic mass is 10.3. The Morgan fingerprint density at radius 1 is 1.40 bits per heavy atom. The number of ether oxygens (including phenoxy) is 1. The molecule has 0 fully saturated rings. The van der Waals surface area contributed by atoms with Crippen molar-refractivity contribution in [3.63, 3.8) is 0 Å². The fourth-order valence-corrected chi connectivity index (χ4v) is 2.08. The Bertz CT molecular complexity index is 261. The monoisotopic (exact) mass is 236 g/mol. The molecular weight excluding hydrogens is 220 g/mol. The summed E-state index contributed by atoms with van der Waals surface area (Å²) in [4.78, 5) is 21.7. The number of carbonyl (C=O) groups excluding carboxylic acids is 1. The van der Waals surface area contributed by atoms with Crippen LogP contribution in [-0.4, -0.2) is 38.4 Å². The van der Waals surface area contributed by atoms with Crippen molar-refractivity contribution in [2.75, 3.05) is 5.75 Å². The van der Waals surface area contributed by atoms with Crippen LogP contribution in [-0.2, 0) is 25.1 Å². The Hall–Kier alpha value is -0.910. The first-order chi connectivity index (χ1) is 6.88. The molecule has 0 aromatic heterocycles. The Labute approximate surface area is 91.3 Å². The van der Waals surface area contributed by atoms with E-state index in [0.29, 0.717) is 6.42 Å². The van der Waals surface area contributed by atoms with Crippen molar-refractivity contribution < 1.29 is 23.6 Å². The van der Waals surface area contributed by atoms with Crippen molar-refractivity contribution in [3.8, 4) is 0 Å². The van der Waals surface area contributed by atoms with Crippen molar-refractivity contribution in [2.24, 2.45) is 0 Å². The highest BCUT2D eigenvalue weighted by atomic mass is 32.2. The Morgan fingerprint density at radius 3 is 2.27 bits per heavy atom. The van der Waals surface area contributed by atoms with Gasteiger partial charge in [-0.05, 0) is 20.3 Å². The minimum atomic E-state index is -1.71. The van der Waals surface area contributed by atoms with E-state index in [4.69, 9.17) is 9.84 Å². The van der Waals surface area contributed by atoms with E-state index < -0.39 is 33.7 Å². The molecule has 5 nitrogen and oxygen atoms in total. The summed E-state index contributed by atoms with van der Waals surface area (Å²) in [6, 6.07) is 0. The summed E-state index contributed by atoms with van der Waals surface area (Å²) in [7, 11) is -1.71. The number of hydrogen-bond donors (Lipinski definition) is 1. The van der Waals surface area contributed by atoms with Gasteiger partial charge in [-0.3, -0.25) is 13.8 Å². The van der Waals surface area contributed by atoms with Gasteiger partial charge in [0.05, 0.1) is 6.10 Å². The van der Waals surface area contributed by atoms with Crippen LogP contribution >= 0.6 is 0 Å². The number of carboxylic acids is 1. The SMILES string of the molecule is CCC(C(=O)OC(C)C)S(=O)CC(=O)O. The zero-order chi connectivity index (χ0) is 12.0. The van der Waals surface area contributed by atoms with E-state index in [1.54, 1.807) is 20.8 Å². The van der Waals surface area contributed by atoms with E-state index in [0.717, 1.165) is 0 Å². The van der Waals surface area contributed by atoms with E-state index in [1.807, 2.05) is 0 Å². The lowest BCUT2D eigenvalue weighted by Gasteiger charge is -2.14. The molecule has 0 radical (unpaired) electrons. The molecule has 0 amide bonds. The third kappa shape index (κ3) is 5.51. The number of aliphatic carboxylic acids is 1. The molecule has 0 saturated carbocycles. The zero-order valence-electron chi connectivity index (χ0n) is 9.06. The molecule has 0 aliphatic carbocycles. The van der Waals surface area contributed by atoms with Crippen molar-refractivity contribution in [1.82, 2.24) is 0 Å². The van der Waals surface area contributed by atoms with Gasteiger partial charge in [0.15, 0.2) is 0 Å². The minimum Gasteiger partial charge on any atom is -0.481 e. The first-order valence-corrected chi connectivity index (χ1v) is 6.06. The number of carboxylic acid groups (broad SMARTS) is 1. The van der Waals surface area contributed by atoms with Crippen LogP contribution in [0.2, 0.25) is 0 Å². The molecule has 88 valence electrons. The lowest BCUT2D eigenvalue weighted by Crippen LogP contribution is -2.32. The van der Waals surface area contributed by atoms with Gasteiger partial charge < -0.3 is 9.84 Å². The van der Waals surface area contributed by atoms with E-state index >= 15 is 0 Å². The van der Waals surface area contributed by atoms with Gasteiger partial charge >= 0.3 is 11.9 Å². The maximum atomic E-state index is 11.4. The summed E-state index contributed by atoms with van der Waals surface area (Å²) in [5.41, 5.74) is 0. The van der Waals surface area contributed by atoms with Crippen LogP contribution in [0.1, 0.15) is 27.2 Å². The number of esters is 1. The van der Waals surface area contributed by atoms with Crippen molar-refractivity contribution in [1.29, 1.82) is 0 Å². The second-order valence-electron chi connectivity index (χ2n) is 3.30. The molecule has 0 aliphatic heterocycles. The van der Waals surface area contributed by atoms with Crippen LogP contribution in [0.3, 0.4) is 0 Å². The molecule has 15 heavy (non-hydrogen) atoms. The van der Waals surface area contributed by atoms with Crippen LogP contribution in [0, 0.1) is 0 Å². The summed E-state index contributed by atoms with van der Waals surface area (Å²) >= 11 is 0. The molecule has 0 bridgehead atoms. The molecule has 0 saturated heterocycles. The first kappa shape index (κ1) is 14.1. The Kier molecular flexibility index (Phi) is 6.15. The maximum absolute atomic E-state index is 11.4. The van der Waals surface area contributed by atoms with Gasteiger partial charge in [-0.15, -0.1) is 0 Å². The molecular formula is C9H16O5S. The molecule has 2 unspecified atom stereocenters. The predicted octanol–water partition coefficient (Wildman–Crippen LogP) is 0.550. The van der Waals surface area contributed by atoms with E-state index in [9.17, 15) is 13.8 Å². The van der Waals surface area contributed by atoms with E-state index in [-0.39, 0.29) is 6.10 Å². The van der Waals surface area contributed by atoms with Gasteiger partial charge in [0.25, 0.3) is 0 Å². The molecule has 0 spiro atoms. The topological polar surface area (TPSA) is 80.7 Å². The van der Waals surface area contributed by atoms with Gasteiger partial charge in [-0.25, -0.2) is 0 Å². The molecule has 1 N–H and O–H groups in total. The van der Waals surface area contributed by atoms with Crippen LogP contribution in [0.15, 0.2) is 0 Å². The smallest absolute Gasteiger partial charge is 0.321 e. The highest BCUT2D eigenvalue weighted by molar-refractivity contribution is 7.87. The number of carbonyl (C=O) groups is 2. The average molecular weight is 236 g/mol. The molecule has 0 aliphatic rings. The van der Waals surface area contributed by atoms with Crippen molar-refractivity contribution in [3.05, 3.63) is 0 Å². The zero-order valence-corrected chi connectivity index (χ0v) is 9.87. The minimum absolute atomic E-state index is 0.284. The van der Waals surface area contributed by atoms with Gasteiger partial charge in [-0.1, -0.05) is 6.92 Å². The van der Waals surface area contributed by atoms with Crippen LogP contribution in [0.25, 0.3) is 0 Å². The average Bonchev–Trinajstić information content (AvgIpc) is 2.01. The molecule has 2 atom stereocenters. The normalized spacial score (nSPS) is 14.7. The fraction of sp³-hybridized carbons (Fsp3) is 0.778. The highest BCUT2D eigenvalue weighted by Crippen LogP contribution is 2.07. The number of hydrogen-bond acceptors (Lipinski definition) is 4. The van der Waals surface area contributed by atoms with Crippen molar-refractivity contribution >= 4 is 22.7 Å². The van der Waals surface area contributed by atoms with E-state index in [1.165, 1.54) is 0 Å². The van der Waals surface area contributed by atoms with Gasteiger partial charge in [0.2, 0.25) is 0 Å². The summed E-state index contributed by atoms with van der Waals surface area (Å²) in [6.07, 6.45) is 0.0270. The highest BCUT2D eigenvalue weighted by Gasteiger charge is 2.26. The van der Waals surface area contributed by atoms with Crippen LogP contribution in [0.4, 0.5) is 0 Å². The van der Waals surface area contributed by atoms with Crippen molar-refractivity contribution in [2.45, 2.75) is 38.5 Å². The third-order valence-electron chi connectivity index (χ3n) is 1.57. The van der Waals surface area contributed by atoms with Crippen LogP contribution in [0.5, 0.6) is 0 Å². The first-order valence-electron chi connectivity index (χ1n) is 4.68. The molecule has 0 rings (SSSR count). The van der Waals surface area contributed by atoms with Gasteiger partial charge in [0, 0.05) is 10.8 Å². The van der Waals surface area contributed by atoms with Gasteiger partial charge in [0.1, 0.15) is 11.0 Å². The summed E-state index contributed by atoms with van der Waals surface area (Å²) in [6.45, 7) is 5.04. The molecule has 0 aromatic carbocycles. The Balaban J connectivity index is 4.40. The number of rotatable bonds is 6. The van der Waals surface area contributed by atoms with Gasteiger partial charge in [-0.2, -0.15) is 0 Å². The molecule has 0 aromatic rings. The summed E-state index contributed by atoms with van der Waals surface area (Å²) in [5.74, 6) is -2.29. The summed E-state index contributed by atoms with van der Waals surface area (Å²) in [5, 5.41) is 7.60. The van der Waals surface area contributed by atoms with Crippen LogP contribution < -0.4 is 0 Å². The standard InChI is InChI=1S/C9H16O5S/c1-4-7(9(12)14-6(2)3)15(13)5-8(10)11/h6-7H,4-5H2,1-3H3,(H,10,11).